The quantitative estimate of drug-likeness (QED) is 0.426. The first-order valence-electron chi connectivity index (χ1n) is 10.9. The Morgan fingerprint density at radius 3 is 2.76 bits per heavy atom. The maximum Gasteiger partial charge on any atom is 0.275 e. The van der Waals surface area contributed by atoms with Gasteiger partial charge in [0.15, 0.2) is 0 Å². The van der Waals surface area contributed by atoms with Gasteiger partial charge in [0.25, 0.3) is 11.8 Å². The number of benzene rings is 1. The van der Waals surface area contributed by atoms with Crippen molar-refractivity contribution >= 4 is 39.5 Å². The second kappa shape index (κ2) is 10.9. The molecule has 0 unspecified atom stereocenters. The number of methoxy groups -OCH3 is 2. The number of anilines is 1. The molecule has 2 N–H and O–H groups in total. The number of para-hydroxylation sites is 1. The number of thiophene rings is 1. The average Bonchev–Trinajstić information content (AvgIpc) is 3.46. The van der Waals surface area contributed by atoms with Gasteiger partial charge >= 0.3 is 0 Å². The molecule has 0 fully saturated rings. The molecular weight excluding hydrogens is 458 g/mol. The lowest BCUT2D eigenvalue weighted by atomic mass is 9.95. The Kier molecular flexibility index (Phi) is 7.74. The lowest BCUT2D eigenvalue weighted by Crippen LogP contribution is -2.27. The molecule has 0 radical (unpaired) electrons. The second-order valence-corrected chi connectivity index (χ2v) is 9.67. The van der Waals surface area contributed by atoms with Crippen molar-refractivity contribution in [3.63, 3.8) is 0 Å². The number of carbonyl (C=O) groups excluding carboxylic acids is 2. The van der Waals surface area contributed by atoms with E-state index in [4.69, 9.17) is 9.47 Å². The van der Waals surface area contributed by atoms with E-state index in [-0.39, 0.29) is 11.8 Å². The van der Waals surface area contributed by atoms with Gasteiger partial charge in [-0.25, -0.2) is 4.98 Å². The number of rotatable bonds is 9. The summed E-state index contributed by atoms with van der Waals surface area (Å²) in [7, 11) is 3.25. The Hall–Kier alpha value is -2.75. The van der Waals surface area contributed by atoms with E-state index in [1.54, 1.807) is 19.6 Å². The number of ether oxygens (including phenoxy) is 2. The van der Waals surface area contributed by atoms with Crippen LogP contribution in [0.15, 0.2) is 29.6 Å². The zero-order chi connectivity index (χ0) is 23.2. The predicted molar refractivity (Wildman–Crippen MR) is 132 cm³/mol. The molecule has 1 aromatic carbocycles. The number of aryl methyl sites for hydroxylation is 1. The van der Waals surface area contributed by atoms with Crippen LogP contribution < -0.4 is 15.4 Å². The number of carbonyl (C=O) groups is 2. The highest BCUT2D eigenvalue weighted by Gasteiger charge is 2.27. The van der Waals surface area contributed by atoms with Crippen LogP contribution >= 0.6 is 22.7 Å². The van der Waals surface area contributed by atoms with Crippen LogP contribution in [-0.2, 0) is 17.6 Å². The Balaban J connectivity index is 1.55. The van der Waals surface area contributed by atoms with Crippen molar-refractivity contribution in [2.75, 3.05) is 32.7 Å². The molecule has 4 rings (SSSR count). The molecule has 0 saturated carbocycles. The normalized spacial score (nSPS) is 12.8. The zero-order valence-electron chi connectivity index (χ0n) is 18.7. The zero-order valence-corrected chi connectivity index (χ0v) is 20.4. The minimum absolute atomic E-state index is 0.145. The highest BCUT2D eigenvalue weighted by Crippen LogP contribution is 2.38. The molecular formula is C24H27N3O4S2. The van der Waals surface area contributed by atoms with Gasteiger partial charge in [0.1, 0.15) is 21.5 Å². The fourth-order valence-electron chi connectivity index (χ4n) is 3.89. The molecule has 0 saturated heterocycles. The number of hydrogen-bond acceptors (Lipinski definition) is 7. The highest BCUT2D eigenvalue weighted by atomic mass is 32.1. The average molecular weight is 486 g/mol. The van der Waals surface area contributed by atoms with Crippen LogP contribution in [0.3, 0.4) is 0 Å². The third-order valence-electron chi connectivity index (χ3n) is 5.51. The van der Waals surface area contributed by atoms with E-state index in [9.17, 15) is 9.59 Å². The van der Waals surface area contributed by atoms with Gasteiger partial charge in [-0.3, -0.25) is 9.59 Å². The van der Waals surface area contributed by atoms with Crippen molar-refractivity contribution in [3.05, 3.63) is 51.3 Å². The van der Waals surface area contributed by atoms with Crippen molar-refractivity contribution < 1.29 is 19.1 Å². The van der Waals surface area contributed by atoms with Gasteiger partial charge in [-0.2, -0.15) is 0 Å². The summed E-state index contributed by atoms with van der Waals surface area (Å²) in [6, 6.07) is 7.58. The van der Waals surface area contributed by atoms with E-state index < -0.39 is 0 Å². The minimum atomic E-state index is -0.320. The molecule has 3 aromatic rings. The van der Waals surface area contributed by atoms with Gasteiger partial charge in [-0.1, -0.05) is 12.1 Å². The summed E-state index contributed by atoms with van der Waals surface area (Å²) < 4.78 is 10.5. The molecule has 7 nitrogen and oxygen atoms in total. The molecule has 0 aliphatic heterocycles. The van der Waals surface area contributed by atoms with Crippen molar-refractivity contribution in [2.24, 2.45) is 0 Å². The smallest absolute Gasteiger partial charge is 0.275 e. The Bertz CT molecular complexity index is 1140. The first-order valence-corrected chi connectivity index (χ1v) is 12.6. The Morgan fingerprint density at radius 1 is 1.12 bits per heavy atom. The fourth-order valence-corrected chi connectivity index (χ4v) is 6.00. The summed E-state index contributed by atoms with van der Waals surface area (Å²) in [5.74, 6) is 0.241. The topological polar surface area (TPSA) is 89.6 Å². The first kappa shape index (κ1) is 23.4. The van der Waals surface area contributed by atoms with Gasteiger partial charge in [0.2, 0.25) is 0 Å². The predicted octanol–water partition coefficient (Wildman–Crippen LogP) is 4.78. The van der Waals surface area contributed by atoms with E-state index in [0.29, 0.717) is 40.2 Å². The number of thiazole rings is 1. The molecule has 0 atom stereocenters. The van der Waals surface area contributed by atoms with E-state index >= 15 is 0 Å². The summed E-state index contributed by atoms with van der Waals surface area (Å²) in [6.45, 7) is 1.11. The third kappa shape index (κ3) is 5.26. The van der Waals surface area contributed by atoms with Crippen LogP contribution in [0.2, 0.25) is 0 Å². The van der Waals surface area contributed by atoms with Crippen LogP contribution in [0.4, 0.5) is 5.00 Å². The maximum absolute atomic E-state index is 13.1. The lowest BCUT2D eigenvalue weighted by molar-refractivity contribution is 0.0948. The van der Waals surface area contributed by atoms with Gasteiger partial charge in [0.05, 0.1) is 18.2 Å². The molecule has 174 valence electrons. The monoisotopic (exact) mass is 485 g/mol. The maximum atomic E-state index is 13.1. The molecule has 9 heteroatoms. The lowest BCUT2D eigenvalue weighted by Gasteiger charge is -2.13. The summed E-state index contributed by atoms with van der Waals surface area (Å²) in [4.78, 5) is 31.8. The molecule has 2 aromatic heterocycles. The van der Waals surface area contributed by atoms with Gasteiger partial charge in [-0.05, 0) is 49.8 Å². The van der Waals surface area contributed by atoms with Crippen molar-refractivity contribution in [1.29, 1.82) is 0 Å². The largest absolute Gasteiger partial charge is 0.496 e. The van der Waals surface area contributed by atoms with Crippen LogP contribution in [-0.4, -0.2) is 44.2 Å². The summed E-state index contributed by atoms with van der Waals surface area (Å²) in [5, 5.41) is 8.98. The van der Waals surface area contributed by atoms with Gasteiger partial charge in [0, 0.05) is 30.5 Å². The van der Waals surface area contributed by atoms with Crippen LogP contribution in [0.25, 0.3) is 10.6 Å². The number of aromatic nitrogens is 1. The molecule has 2 amide bonds. The molecule has 1 aliphatic carbocycles. The molecule has 2 heterocycles. The summed E-state index contributed by atoms with van der Waals surface area (Å²) in [5.41, 5.74) is 2.82. The van der Waals surface area contributed by atoms with Crippen molar-refractivity contribution in [2.45, 2.75) is 32.1 Å². The van der Waals surface area contributed by atoms with Gasteiger partial charge in [-0.15, -0.1) is 22.7 Å². The number of nitrogens with zero attached hydrogens (tertiary/aromatic N) is 1. The molecule has 1 aliphatic rings. The van der Waals surface area contributed by atoms with E-state index in [1.165, 1.54) is 27.6 Å². The number of fused-ring (bicyclic) bond motifs is 1. The summed E-state index contributed by atoms with van der Waals surface area (Å²) in [6.07, 6.45) is 4.69. The van der Waals surface area contributed by atoms with Crippen molar-refractivity contribution in [3.8, 4) is 16.3 Å². The highest BCUT2D eigenvalue weighted by molar-refractivity contribution is 7.17. The molecule has 33 heavy (non-hydrogen) atoms. The van der Waals surface area contributed by atoms with Crippen LogP contribution in [0, 0.1) is 0 Å². The first-order chi connectivity index (χ1) is 16.1. The van der Waals surface area contributed by atoms with Crippen LogP contribution in [0.1, 0.15) is 50.5 Å². The number of amides is 2. The number of hydrogen-bond donors (Lipinski definition) is 2. The molecule has 0 spiro atoms. The van der Waals surface area contributed by atoms with Gasteiger partial charge < -0.3 is 20.1 Å². The summed E-state index contributed by atoms with van der Waals surface area (Å²) >= 11 is 2.89. The third-order valence-corrected chi connectivity index (χ3v) is 7.59. The second-order valence-electron chi connectivity index (χ2n) is 7.71. The van der Waals surface area contributed by atoms with Crippen molar-refractivity contribution in [1.82, 2.24) is 10.3 Å². The standard InChI is InChI=1S/C24H27N3O4S2/c1-30-13-7-12-25-22(29)20-16-9-4-6-11-19(16)33-24(20)27-21(28)17-14-32-23(26-17)15-8-3-5-10-18(15)31-2/h3,5,8,10,14H,4,6-7,9,11-13H2,1-2H3,(H,25,29)(H,27,28). The minimum Gasteiger partial charge on any atom is -0.496 e. The molecule has 0 bridgehead atoms. The SMILES string of the molecule is COCCCNC(=O)c1c(NC(=O)c2csc(-c3ccccc3OC)n2)sc2c1CCCC2. The van der Waals surface area contributed by atoms with E-state index in [2.05, 4.69) is 15.6 Å². The van der Waals surface area contributed by atoms with E-state index in [0.717, 1.165) is 43.2 Å². The van der Waals surface area contributed by atoms with E-state index in [1.807, 2.05) is 24.3 Å². The Morgan fingerprint density at radius 2 is 1.94 bits per heavy atom. The number of nitrogens with one attached hydrogen (secondary N) is 2. The Labute approximate surface area is 201 Å². The fraction of sp³-hybridized carbons (Fsp3) is 0.375. The van der Waals surface area contributed by atoms with Crippen LogP contribution in [0.5, 0.6) is 5.75 Å².